The van der Waals surface area contributed by atoms with Crippen LogP contribution in [0.15, 0.2) is 24.3 Å². The highest BCUT2D eigenvalue weighted by Crippen LogP contribution is 2.35. The fourth-order valence-electron chi connectivity index (χ4n) is 2.02. The minimum Gasteiger partial charge on any atom is -0.507 e. The molecule has 0 spiro atoms. The fraction of sp³-hybridized carbons (Fsp3) is 0.357. The van der Waals surface area contributed by atoms with E-state index < -0.39 is 11.4 Å². The molecule has 1 aliphatic carbocycles. The van der Waals surface area contributed by atoms with E-state index in [1.165, 1.54) is 6.92 Å². The van der Waals surface area contributed by atoms with Crippen molar-refractivity contribution < 1.29 is 15.0 Å². The number of fused-ring (bicyclic) bond motifs is 1. The van der Waals surface area contributed by atoms with E-state index in [0.717, 1.165) is 11.6 Å². The quantitative estimate of drug-likeness (QED) is 0.782. The van der Waals surface area contributed by atoms with Crippen LogP contribution in [0.1, 0.15) is 43.4 Å². The van der Waals surface area contributed by atoms with Crippen LogP contribution < -0.4 is 0 Å². The predicted octanol–water partition coefficient (Wildman–Crippen LogP) is 2.50. The largest absolute Gasteiger partial charge is 0.507 e. The van der Waals surface area contributed by atoms with Crippen LogP contribution >= 0.6 is 0 Å². The van der Waals surface area contributed by atoms with Gasteiger partial charge in [-0.25, -0.2) is 0 Å². The smallest absolute Gasteiger partial charge is 0.195 e. The number of hydrogen-bond acceptors (Lipinski definition) is 3. The summed E-state index contributed by atoms with van der Waals surface area (Å²) in [6.45, 7) is 5.54. The summed E-state index contributed by atoms with van der Waals surface area (Å²) in [6, 6.07) is 5.44. The van der Waals surface area contributed by atoms with Crippen molar-refractivity contribution in [2.24, 2.45) is 0 Å². The summed E-state index contributed by atoms with van der Waals surface area (Å²) in [5, 5.41) is 19.9. The molecule has 17 heavy (non-hydrogen) atoms. The van der Waals surface area contributed by atoms with Crippen LogP contribution in [-0.4, -0.2) is 16.0 Å². The molecule has 1 aliphatic rings. The first kappa shape index (κ1) is 11.9. The van der Waals surface area contributed by atoms with Crippen molar-refractivity contribution in [3.63, 3.8) is 0 Å². The van der Waals surface area contributed by atoms with E-state index in [1.807, 2.05) is 19.9 Å². The molecule has 0 heterocycles. The molecule has 0 aliphatic heterocycles. The van der Waals surface area contributed by atoms with Crippen LogP contribution in [-0.2, 0) is 10.4 Å². The Bertz CT molecular complexity index is 510. The Kier molecular flexibility index (Phi) is 2.59. The van der Waals surface area contributed by atoms with Crippen molar-refractivity contribution in [3.05, 3.63) is 41.0 Å². The third-order valence-corrected chi connectivity index (χ3v) is 3.26. The van der Waals surface area contributed by atoms with Crippen LogP contribution in [0, 0.1) is 0 Å². The topological polar surface area (TPSA) is 57.5 Å². The fourth-order valence-corrected chi connectivity index (χ4v) is 2.02. The number of benzene rings is 1. The number of aliphatic hydroxyl groups excluding tert-OH is 1. The highest BCUT2D eigenvalue weighted by Gasteiger charge is 2.37. The van der Waals surface area contributed by atoms with Crippen molar-refractivity contribution in [1.82, 2.24) is 0 Å². The van der Waals surface area contributed by atoms with Crippen molar-refractivity contribution >= 4 is 11.5 Å². The second-order valence-electron chi connectivity index (χ2n) is 4.93. The van der Waals surface area contributed by atoms with Crippen LogP contribution in [0.5, 0.6) is 0 Å². The molecule has 90 valence electrons. The van der Waals surface area contributed by atoms with E-state index in [0.29, 0.717) is 17.0 Å². The first-order chi connectivity index (χ1) is 7.84. The van der Waals surface area contributed by atoms with Crippen molar-refractivity contribution in [2.75, 3.05) is 0 Å². The van der Waals surface area contributed by atoms with Crippen molar-refractivity contribution in [2.45, 2.75) is 32.3 Å². The molecule has 2 rings (SSSR count). The van der Waals surface area contributed by atoms with Gasteiger partial charge in [0.1, 0.15) is 11.4 Å². The highest BCUT2D eigenvalue weighted by atomic mass is 16.3. The molecule has 1 atom stereocenters. The summed E-state index contributed by atoms with van der Waals surface area (Å²) < 4.78 is 0. The first-order valence-corrected chi connectivity index (χ1v) is 5.66. The maximum absolute atomic E-state index is 11.7. The second-order valence-corrected chi connectivity index (χ2v) is 4.93. The number of carbonyl (C=O) groups excluding carboxylic acids is 1. The molecule has 1 aromatic rings. The minimum atomic E-state index is -1.55. The Hall–Kier alpha value is -1.61. The molecule has 0 radical (unpaired) electrons. The molecule has 0 fully saturated rings. The summed E-state index contributed by atoms with van der Waals surface area (Å²) in [4.78, 5) is 11.7. The summed E-state index contributed by atoms with van der Waals surface area (Å²) in [5.74, 6) is -0.255. The van der Waals surface area contributed by atoms with Crippen molar-refractivity contribution in [1.29, 1.82) is 0 Å². The zero-order valence-corrected chi connectivity index (χ0v) is 10.2. The van der Waals surface area contributed by atoms with Crippen LogP contribution in [0.2, 0.25) is 0 Å². The summed E-state index contributed by atoms with van der Waals surface area (Å²) >= 11 is 0. The number of rotatable bonds is 1. The lowest BCUT2D eigenvalue weighted by atomic mass is 9.81. The van der Waals surface area contributed by atoms with E-state index in [4.69, 9.17) is 0 Å². The van der Waals surface area contributed by atoms with Crippen molar-refractivity contribution in [3.8, 4) is 0 Å². The number of carbonyl (C=O) groups is 1. The van der Waals surface area contributed by atoms with E-state index in [-0.39, 0.29) is 5.76 Å². The highest BCUT2D eigenvalue weighted by molar-refractivity contribution is 6.05. The number of aliphatic hydroxyl groups is 2. The zero-order valence-electron chi connectivity index (χ0n) is 10.2. The number of hydrogen-bond donors (Lipinski definition) is 2. The van der Waals surface area contributed by atoms with Crippen LogP contribution in [0.3, 0.4) is 0 Å². The molecular weight excluding hydrogens is 216 g/mol. The Morgan fingerprint density at radius 2 is 1.94 bits per heavy atom. The summed E-state index contributed by atoms with van der Waals surface area (Å²) in [5.41, 5.74) is 0.492. The van der Waals surface area contributed by atoms with Gasteiger partial charge in [0, 0.05) is 17.2 Å². The maximum atomic E-state index is 11.7. The molecule has 0 saturated heterocycles. The van der Waals surface area contributed by atoms with Crippen LogP contribution in [0.4, 0.5) is 0 Å². The SMILES string of the molecule is CC(C)c1ccc2c(c1)[C@](C)(O)C(=O)C=C2O. The minimum absolute atomic E-state index is 0.0770. The van der Waals surface area contributed by atoms with Gasteiger partial charge in [0.2, 0.25) is 0 Å². The van der Waals surface area contributed by atoms with Gasteiger partial charge in [0.15, 0.2) is 5.78 Å². The van der Waals surface area contributed by atoms with Gasteiger partial charge in [0.25, 0.3) is 0 Å². The van der Waals surface area contributed by atoms with Gasteiger partial charge in [-0.15, -0.1) is 0 Å². The van der Waals surface area contributed by atoms with E-state index in [1.54, 1.807) is 12.1 Å². The average molecular weight is 232 g/mol. The van der Waals surface area contributed by atoms with Gasteiger partial charge in [-0.05, 0) is 18.4 Å². The van der Waals surface area contributed by atoms with Crippen LogP contribution in [0.25, 0.3) is 5.76 Å². The van der Waals surface area contributed by atoms with Gasteiger partial charge < -0.3 is 10.2 Å². The lowest BCUT2D eigenvalue weighted by molar-refractivity contribution is -0.131. The Balaban J connectivity index is 2.67. The monoisotopic (exact) mass is 232 g/mol. The Labute approximate surface area is 100 Å². The van der Waals surface area contributed by atoms with E-state index in [9.17, 15) is 15.0 Å². The predicted molar refractivity (Wildman–Crippen MR) is 65.7 cm³/mol. The van der Waals surface area contributed by atoms with Gasteiger partial charge in [0.05, 0.1) is 0 Å². The van der Waals surface area contributed by atoms with Gasteiger partial charge in [-0.1, -0.05) is 32.0 Å². The Morgan fingerprint density at radius 3 is 2.53 bits per heavy atom. The molecule has 0 bridgehead atoms. The van der Waals surface area contributed by atoms with E-state index >= 15 is 0 Å². The Morgan fingerprint density at radius 1 is 1.29 bits per heavy atom. The molecule has 0 unspecified atom stereocenters. The lowest BCUT2D eigenvalue weighted by Gasteiger charge is -2.28. The number of ketones is 1. The molecular formula is C14H16O3. The maximum Gasteiger partial charge on any atom is 0.195 e. The zero-order chi connectivity index (χ0) is 12.8. The summed E-state index contributed by atoms with van der Waals surface area (Å²) in [7, 11) is 0. The van der Waals surface area contributed by atoms with Gasteiger partial charge in [-0.2, -0.15) is 0 Å². The summed E-state index contributed by atoms with van der Waals surface area (Å²) in [6.07, 6.45) is 1.08. The first-order valence-electron chi connectivity index (χ1n) is 5.66. The molecule has 3 nitrogen and oxygen atoms in total. The molecule has 2 N–H and O–H groups in total. The lowest BCUT2D eigenvalue weighted by Crippen LogP contribution is -2.34. The van der Waals surface area contributed by atoms with Gasteiger partial charge >= 0.3 is 0 Å². The third-order valence-electron chi connectivity index (χ3n) is 3.26. The van der Waals surface area contributed by atoms with Gasteiger partial charge in [-0.3, -0.25) is 4.79 Å². The molecule has 1 aromatic carbocycles. The molecule has 0 aromatic heterocycles. The second kappa shape index (κ2) is 3.70. The average Bonchev–Trinajstić information content (AvgIpc) is 2.26. The standard InChI is InChI=1S/C14H16O3/c1-8(2)9-4-5-10-11(6-9)14(3,17)13(16)7-12(10)15/h4-8,15,17H,1-3H3/t14-/m0/s1. The normalized spacial score (nSPS) is 23.6. The molecule has 0 amide bonds. The molecule has 3 heteroatoms. The third kappa shape index (κ3) is 1.76. The molecule has 0 saturated carbocycles. The van der Waals surface area contributed by atoms with E-state index in [2.05, 4.69) is 0 Å².